The van der Waals surface area contributed by atoms with Gasteiger partial charge in [-0.05, 0) is 112 Å². The van der Waals surface area contributed by atoms with Crippen LogP contribution in [0.15, 0.2) is 85.2 Å². The van der Waals surface area contributed by atoms with Gasteiger partial charge in [-0.15, -0.1) is 0 Å². The van der Waals surface area contributed by atoms with Crippen molar-refractivity contribution < 1.29 is 19.1 Å². The molecule has 0 spiro atoms. The van der Waals surface area contributed by atoms with Crippen molar-refractivity contribution in [3.8, 4) is 6.07 Å². The number of aromatic nitrogens is 2. The number of piperidine rings is 1. The van der Waals surface area contributed by atoms with Gasteiger partial charge in [0.15, 0.2) is 11.3 Å². The van der Waals surface area contributed by atoms with Crippen LogP contribution in [0.5, 0.6) is 0 Å². The van der Waals surface area contributed by atoms with Gasteiger partial charge in [0.25, 0.3) is 5.91 Å². The first-order valence-electron chi connectivity index (χ1n) is 15.7. The molecule has 6 rings (SSSR count). The smallest absolute Gasteiger partial charge is 0.410 e. The largest absolute Gasteiger partial charge is 0.444 e. The van der Waals surface area contributed by atoms with E-state index in [0.29, 0.717) is 23.5 Å². The minimum Gasteiger partial charge on any atom is -0.444 e. The van der Waals surface area contributed by atoms with Crippen LogP contribution in [0.1, 0.15) is 73.5 Å². The molecular weight excluding hydrogens is 580 g/mol. The SMILES string of the molecule is CN1C(=CC(=O)c2ccc(C#N)cc2)N(CC2CC3CCC(C2)N3C(=O)OC(C)(C)C)C(=O)C1(c1ccncc1)c1ccncc1. The Morgan fingerprint density at radius 1 is 0.957 bits per heavy atom. The number of allylic oxidation sites excluding steroid dienone is 1. The van der Waals surface area contributed by atoms with Gasteiger partial charge >= 0.3 is 6.09 Å². The number of ketones is 1. The molecule has 3 saturated heterocycles. The summed E-state index contributed by atoms with van der Waals surface area (Å²) < 4.78 is 5.74. The minimum atomic E-state index is -1.27. The topological polar surface area (TPSA) is 120 Å². The number of nitriles is 1. The fourth-order valence-corrected chi connectivity index (χ4v) is 7.35. The lowest BCUT2D eigenvalue weighted by molar-refractivity contribution is -0.132. The normalized spacial score (nSPS) is 23.0. The maximum absolute atomic E-state index is 15.0. The summed E-state index contributed by atoms with van der Waals surface area (Å²) in [6.07, 6.45) is 11.2. The first kappa shape index (κ1) is 31.0. The summed E-state index contributed by atoms with van der Waals surface area (Å²) in [6.45, 7) is 6.02. The molecule has 3 fully saturated rings. The molecule has 3 aromatic rings. The maximum Gasteiger partial charge on any atom is 0.410 e. The van der Waals surface area contributed by atoms with Crippen molar-refractivity contribution in [2.45, 2.75) is 69.7 Å². The number of likely N-dealkylation sites (N-methyl/N-ethyl adjacent to an activating group) is 1. The van der Waals surface area contributed by atoms with E-state index in [1.54, 1.807) is 54.0 Å². The van der Waals surface area contributed by atoms with Crippen LogP contribution in [-0.2, 0) is 15.1 Å². The second-order valence-corrected chi connectivity index (χ2v) is 13.3. The lowest BCUT2D eigenvalue weighted by Crippen LogP contribution is -2.50. The Labute approximate surface area is 269 Å². The number of nitrogens with zero attached hydrogens (tertiary/aromatic N) is 6. The Morgan fingerprint density at radius 3 is 2.00 bits per heavy atom. The van der Waals surface area contributed by atoms with Gasteiger partial charge in [0.1, 0.15) is 11.4 Å². The minimum absolute atomic E-state index is 0.0342. The zero-order chi connectivity index (χ0) is 32.6. The summed E-state index contributed by atoms with van der Waals surface area (Å²) >= 11 is 0. The second-order valence-electron chi connectivity index (χ2n) is 13.3. The molecule has 2 unspecified atom stereocenters. The zero-order valence-corrected chi connectivity index (χ0v) is 26.6. The highest BCUT2D eigenvalue weighted by molar-refractivity contribution is 6.06. The van der Waals surface area contributed by atoms with E-state index < -0.39 is 11.1 Å². The van der Waals surface area contributed by atoms with Crippen LogP contribution in [0, 0.1) is 17.2 Å². The standard InChI is InChI=1S/C36H38N6O4/c1-35(2,3)46-34(45)42-29-9-10-30(42)20-25(19-29)23-41-32(21-31(43)26-7-5-24(22-37)6-8-26)40(4)36(33(41)44,27-11-15-38-16-12-27)28-13-17-39-18-14-28/h5-8,11-18,21,25,29-30H,9-10,19-20,23H2,1-4H3. The number of hydrogen-bond donors (Lipinski definition) is 0. The number of hydrogen-bond acceptors (Lipinski definition) is 8. The van der Waals surface area contributed by atoms with Crippen LogP contribution in [0.2, 0.25) is 0 Å². The molecular formula is C36H38N6O4. The molecule has 10 heteroatoms. The third-order valence-corrected chi connectivity index (χ3v) is 9.31. The van der Waals surface area contributed by atoms with Crippen LogP contribution < -0.4 is 0 Å². The fourth-order valence-electron chi connectivity index (χ4n) is 7.35. The summed E-state index contributed by atoms with van der Waals surface area (Å²) in [5.74, 6) is 0.139. The molecule has 2 atom stereocenters. The van der Waals surface area contributed by atoms with Crippen molar-refractivity contribution in [1.82, 2.24) is 24.7 Å². The van der Waals surface area contributed by atoms with Gasteiger partial charge in [-0.25, -0.2) is 4.79 Å². The summed E-state index contributed by atoms with van der Waals surface area (Å²) in [5.41, 5.74) is 0.478. The second kappa shape index (κ2) is 12.0. The number of ether oxygens (including phenoxy) is 1. The van der Waals surface area contributed by atoms with Crippen molar-refractivity contribution in [1.29, 1.82) is 5.26 Å². The number of benzene rings is 1. The van der Waals surface area contributed by atoms with Gasteiger partial charge in [0, 0.05) is 62.1 Å². The molecule has 2 aromatic heterocycles. The highest BCUT2D eigenvalue weighted by Gasteiger charge is 2.57. The molecule has 0 aliphatic carbocycles. The Balaban J connectivity index is 1.39. The first-order valence-corrected chi connectivity index (χ1v) is 15.7. The number of fused-ring (bicyclic) bond motifs is 2. The molecule has 0 saturated carbocycles. The number of rotatable bonds is 6. The molecule has 2 bridgehead atoms. The van der Waals surface area contributed by atoms with Crippen molar-refractivity contribution in [2.24, 2.45) is 5.92 Å². The van der Waals surface area contributed by atoms with E-state index >= 15 is 4.79 Å². The van der Waals surface area contributed by atoms with E-state index in [1.165, 1.54) is 6.08 Å². The highest BCUT2D eigenvalue weighted by Crippen LogP contribution is 2.47. The molecule has 3 aliphatic rings. The fraction of sp³-hybridized carbons (Fsp3) is 0.389. The molecule has 0 N–H and O–H groups in total. The third kappa shape index (κ3) is 5.51. The molecule has 46 heavy (non-hydrogen) atoms. The molecule has 1 aromatic carbocycles. The lowest BCUT2D eigenvalue weighted by Gasteiger charge is -2.40. The Kier molecular flexibility index (Phi) is 8.11. The number of pyridine rings is 2. The predicted molar refractivity (Wildman–Crippen MR) is 170 cm³/mol. The third-order valence-electron chi connectivity index (χ3n) is 9.31. The summed E-state index contributed by atoms with van der Waals surface area (Å²) in [5, 5.41) is 9.23. The van der Waals surface area contributed by atoms with Crippen molar-refractivity contribution in [2.75, 3.05) is 13.6 Å². The first-order chi connectivity index (χ1) is 22.0. The number of amides is 2. The number of carbonyl (C=O) groups excluding carboxylic acids is 3. The summed E-state index contributed by atoms with van der Waals surface area (Å²) in [4.78, 5) is 55.8. The summed E-state index contributed by atoms with van der Waals surface area (Å²) in [7, 11) is 1.84. The average molecular weight is 619 g/mol. The Hall–Kier alpha value is -5.04. The van der Waals surface area contributed by atoms with E-state index in [9.17, 15) is 14.9 Å². The quantitative estimate of drug-likeness (QED) is 0.271. The lowest BCUT2D eigenvalue weighted by atomic mass is 9.82. The summed E-state index contributed by atoms with van der Waals surface area (Å²) in [6, 6.07) is 16.0. The van der Waals surface area contributed by atoms with E-state index in [-0.39, 0.29) is 35.8 Å². The molecule has 236 valence electrons. The molecule has 10 nitrogen and oxygen atoms in total. The van der Waals surface area contributed by atoms with Crippen molar-refractivity contribution in [3.05, 3.63) is 107 Å². The molecule has 5 heterocycles. The Morgan fingerprint density at radius 2 is 1.50 bits per heavy atom. The van der Waals surface area contributed by atoms with Gasteiger partial charge in [0.05, 0.1) is 11.6 Å². The average Bonchev–Trinajstić information content (AvgIpc) is 3.43. The molecule has 3 aliphatic heterocycles. The predicted octanol–water partition coefficient (Wildman–Crippen LogP) is 5.27. The van der Waals surface area contributed by atoms with Gasteiger partial charge in [-0.1, -0.05) is 0 Å². The van der Waals surface area contributed by atoms with Gasteiger partial charge in [-0.3, -0.25) is 24.5 Å². The molecule has 0 radical (unpaired) electrons. The molecule has 2 amide bonds. The van der Waals surface area contributed by atoms with Crippen LogP contribution in [0.3, 0.4) is 0 Å². The highest BCUT2D eigenvalue weighted by atomic mass is 16.6. The monoisotopic (exact) mass is 618 g/mol. The van der Waals surface area contributed by atoms with Crippen LogP contribution >= 0.6 is 0 Å². The van der Waals surface area contributed by atoms with E-state index in [0.717, 1.165) is 36.8 Å². The van der Waals surface area contributed by atoms with Crippen LogP contribution in [0.25, 0.3) is 0 Å². The Bertz CT molecular complexity index is 1640. The zero-order valence-electron chi connectivity index (χ0n) is 26.6. The van der Waals surface area contributed by atoms with Gasteiger partial charge in [-0.2, -0.15) is 5.26 Å². The maximum atomic E-state index is 15.0. The van der Waals surface area contributed by atoms with Crippen molar-refractivity contribution in [3.63, 3.8) is 0 Å². The van der Waals surface area contributed by atoms with Crippen LogP contribution in [0.4, 0.5) is 4.79 Å². The van der Waals surface area contributed by atoms with E-state index in [4.69, 9.17) is 4.74 Å². The van der Waals surface area contributed by atoms with Crippen LogP contribution in [-0.4, -0.2) is 73.7 Å². The van der Waals surface area contributed by atoms with Gasteiger partial charge < -0.3 is 14.5 Å². The van der Waals surface area contributed by atoms with E-state index in [2.05, 4.69) is 16.0 Å². The van der Waals surface area contributed by atoms with E-state index in [1.807, 2.05) is 61.9 Å². The van der Waals surface area contributed by atoms with Gasteiger partial charge in [0.2, 0.25) is 0 Å². The number of carbonyl (C=O) groups is 3. The van der Waals surface area contributed by atoms with Crippen molar-refractivity contribution >= 4 is 17.8 Å².